The predicted molar refractivity (Wildman–Crippen MR) is 69.0 cm³/mol. The number of aryl methyl sites for hydroxylation is 2. The molecule has 0 aliphatic carbocycles. The van der Waals surface area contributed by atoms with Crippen molar-refractivity contribution in [3.05, 3.63) is 30.1 Å². The van der Waals surface area contributed by atoms with Crippen molar-refractivity contribution in [2.75, 3.05) is 0 Å². The molecule has 0 saturated heterocycles. The van der Waals surface area contributed by atoms with Gasteiger partial charge in [0.15, 0.2) is 0 Å². The highest BCUT2D eigenvalue weighted by Gasteiger charge is 2.26. The van der Waals surface area contributed by atoms with Crippen LogP contribution in [-0.2, 0) is 13.0 Å². The highest BCUT2D eigenvalue weighted by Crippen LogP contribution is 2.23. The fourth-order valence-corrected chi connectivity index (χ4v) is 2.23. The first-order chi connectivity index (χ1) is 9.01. The zero-order valence-electron chi connectivity index (χ0n) is 10.9. The Labute approximate surface area is 110 Å². The Kier molecular flexibility index (Phi) is 4.12. The fourth-order valence-electron chi connectivity index (χ4n) is 2.23. The Morgan fingerprint density at radius 2 is 1.95 bits per heavy atom. The van der Waals surface area contributed by atoms with Crippen LogP contribution in [0, 0.1) is 0 Å². The summed E-state index contributed by atoms with van der Waals surface area (Å²) >= 11 is 0. The third kappa shape index (κ3) is 3.49. The van der Waals surface area contributed by atoms with Gasteiger partial charge in [-0.3, -0.25) is 0 Å². The average molecular weight is 270 g/mol. The Morgan fingerprint density at radius 1 is 1.21 bits per heavy atom. The van der Waals surface area contributed by atoms with Crippen molar-refractivity contribution in [1.29, 1.82) is 0 Å². The molecule has 104 valence electrons. The summed E-state index contributed by atoms with van der Waals surface area (Å²) in [5.41, 5.74) is 1.78. The van der Waals surface area contributed by atoms with E-state index in [2.05, 4.69) is 4.98 Å². The summed E-state index contributed by atoms with van der Waals surface area (Å²) in [4.78, 5) is 4.50. The molecule has 1 aromatic carbocycles. The van der Waals surface area contributed by atoms with Gasteiger partial charge in [-0.05, 0) is 25.0 Å². The second-order valence-electron chi connectivity index (χ2n) is 4.64. The Bertz CT molecular complexity index is 543. The number of para-hydroxylation sites is 2. The topological polar surface area (TPSA) is 17.8 Å². The van der Waals surface area contributed by atoms with E-state index in [0.29, 0.717) is 6.54 Å². The molecule has 0 bridgehead atoms. The minimum Gasteiger partial charge on any atom is -0.328 e. The van der Waals surface area contributed by atoms with Crippen LogP contribution in [0.3, 0.4) is 0 Å². The highest BCUT2D eigenvalue weighted by atomic mass is 19.4. The molecular formula is C14H17F3N2. The maximum absolute atomic E-state index is 12.2. The van der Waals surface area contributed by atoms with Gasteiger partial charge in [0.1, 0.15) is 5.82 Å². The molecule has 0 saturated carbocycles. The quantitative estimate of drug-likeness (QED) is 0.790. The smallest absolute Gasteiger partial charge is 0.328 e. The third-order valence-electron chi connectivity index (χ3n) is 3.05. The van der Waals surface area contributed by atoms with Crippen molar-refractivity contribution >= 4 is 11.0 Å². The van der Waals surface area contributed by atoms with Crippen LogP contribution in [0.1, 0.15) is 32.0 Å². The van der Waals surface area contributed by atoms with Gasteiger partial charge in [0.05, 0.1) is 11.0 Å². The van der Waals surface area contributed by atoms with Gasteiger partial charge in [0.2, 0.25) is 0 Å². The maximum Gasteiger partial charge on any atom is 0.389 e. The van der Waals surface area contributed by atoms with Crippen molar-refractivity contribution in [3.63, 3.8) is 0 Å². The molecule has 1 heterocycles. The molecule has 19 heavy (non-hydrogen) atoms. The van der Waals surface area contributed by atoms with E-state index in [0.717, 1.165) is 29.7 Å². The average Bonchev–Trinajstić information content (AvgIpc) is 2.67. The summed E-state index contributed by atoms with van der Waals surface area (Å²) in [6.45, 7) is 2.41. The monoisotopic (exact) mass is 270 g/mol. The van der Waals surface area contributed by atoms with E-state index in [1.54, 1.807) is 0 Å². The molecule has 2 nitrogen and oxygen atoms in total. The lowest BCUT2D eigenvalue weighted by atomic mass is 10.2. The number of hydrogen-bond acceptors (Lipinski definition) is 1. The van der Waals surface area contributed by atoms with Crippen molar-refractivity contribution in [2.45, 2.75) is 45.3 Å². The molecule has 0 radical (unpaired) electrons. The van der Waals surface area contributed by atoms with Crippen molar-refractivity contribution in [2.24, 2.45) is 0 Å². The molecule has 0 amide bonds. The lowest BCUT2D eigenvalue weighted by molar-refractivity contribution is -0.135. The van der Waals surface area contributed by atoms with Crippen LogP contribution in [0.5, 0.6) is 0 Å². The van der Waals surface area contributed by atoms with E-state index in [-0.39, 0.29) is 6.42 Å². The molecule has 0 N–H and O–H groups in total. The van der Waals surface area contributed by atoms with E-state index < -0.39 is 12.6 Å². The zero-order chi connectivity index (χ0) is 13.9. The van der Waals surface area contributed by atoms with Gasteiger partial charge < -0.3 is 4.57 Å². The van der Waals surface area contributed by atoms with Crippen molar-refractivity contribution in [3.8, 4) is 0 Å². The minimum absolute atomic E-state index is 0.0978. The summed E-state index contributed by atoms with van der Waals surface area (Å²) in [5, 5.41) is 0. The van der Waals surface area contributed by atoms with Crippen molar-refractivity contribution < 1.29 is 13.2 Å². The molecule has 1 aromatic heterocycles. The number of hydrogen-bond donors (Lipinski definition) is 0. The van der Waals surface area contributed by atoms with Gasteiger partial charge in [-0.2, -0.15) is 13.2 Å². The van der Waals surface area contributed by atoms with E-state index in [4.69, 9.17) is 0 Å². The van der Waals surface area contributed by atoms with Crippen LogP contribution in [0.4, 0.5) is 13.2 Å². The number of aromatic nitrogens is 2. The zero-order valence-corrected chi connectivity index (χ0v) is 10.9. The lowest BCUT2D eigenvalue weighted by Crippen LogP contribution is -2.10. The molecule has 0 spiro atoms. The summed E-state index contributed by atoms with van der Waals surface area (Å²) in [6, 6.07) is 7.59. The molecule has 5 heteroatoms. The van der Waals surface area contributed by atoms with Gasteiger partial charge in [-0.1, -0.05) is 19.1 Å². The van der Waals surface area contributed by atoms with Gasteiger partial charge in [-0.25, -0.2) is 4.98 Å². The summed E-state index contributed by atoms with van der Waals surface area (Å²) in [6.07, 6.45) is -3.00. The Morgan fingerprint density at radius 3 is 2.63 bits per heavy atom. The maximum atomic E-state index is 12.2. The lowest BCUT2D eigenvalue weighted by Gasteiger charge is -2.10. The SMILES string of the molecule is CCCc1nc2ccccc2n1CCCC(F)(F)F. The Balaban J connectivity index is 2.21. The number of halogens is 3. The first kappa shape index (κ1) is 13.9. The molecular weight excluding hydrogens is 253 g/mol. The second kappa shape index (κ2) is 5.63. The Hall–Kier alpha value is -1.52. The number of benzene rings is 1. The van der Waals surface area contributed by atoms with Gasteiger partial charge in [-0.15, -0.1) is 0 Å². The molecule has 0 aliphatic heterocycles. The van der Waals surface area contributed by atoms with Gasteiger partial charge >= 0.3 is 6.18 Å². The molecule has 0 fully saturated rings. The van der Waals surface area contributed by atoms with E-state index in [9.17, 15) is 13.2 Å². The standard InChI is InChI=1S/C14H17F3N2/c1-2-6-13-18-11-7-3-4-8-12(11)19(13)10-5-9-14(15,16)17/h3-4,7-8H,2,5-6,9-10H2,1H3. The van der Waals surface area contributed by atoms with E-state index in [1.165, 1.54) is 0 Å². The molecule has 0 unspecified atom stereocenters. The van der Waals surface area contributed by atoms with Crippen LogP contribution in [0.15, 0.2) is 24.3 Å². The van der Waals surface area contributed by atoms with Crippen LogP contribution in [0.2, 0.25) is 0 Å². The van der Waals surface area contributed by atoms with Crippen LogP contribution in [0.25, 0.3) is 11.0 Å². The summed E-state index contributed by atoms with van der Waals surface area (Å²) in [7, 11) is 0. The fraction of sp³-hybridized carbons (Fsp3) is 0.500. The van der Waals surface area contributed by atoms with Gasteiger partial charge in [0, 0.05) is 19.4 Å². The molecule has 0 atom stereocenters. The number of alkyl halides is 3. The number of imidazole rings is 1. The number of fused-ring (bicyclic) bond motifs is 1. The minimum atomic E-state index is -4.08. The molecule has 2 aromatic rings. The predicted octanol–water partition coefficient (Wildman–Crippen LogP) is 4.33. The normalized spacial score (nSPS) is 12.2. The molecule has 2 rings (SSSR count). The van der Waals surface area contributed by atoms with E-state index in [1.807, 2.05) is 35.8 Å². The first-order valence-corrected chi connectivity index (χ1v) is 6.52. The van der Waals surface area contributed by atoms with Crippen LogP contribution >= 0.6 is 0 Å². The highest BCUT2D eigenvalue weighted by molar-refractivity contribution is 5.75. The van der Waals surface area contributed by atoms with Crippen molar-refractivity contribution in [1.82, 2.24) is 9.55 Å². The van der Waals surface area contributed by atoms with Crippen LogP contribution in [-0.4, -0.2) is 15.7 Å². The first-order valence-electron chi connectivity index (χ1n) is 6.52. The molecule has 0 aliphatic rings. The van der Waals surface area contributed by atoms with Gasteiger partial charge in [0.25, 0.3) is 0 Å². The largest absolute Gasteiger partial charge is 0.389 e. The summed E-state index contributed by atoms with van der Waals surface area (Å²) in [5.74, 6) is 0.880. The summed E-state index contributed by atoms with van der Waals surface area (Å²) < 4.78 is 38.6. The third-order valence-corrected chi connectivity index (χ3v) is 3.05. The van der Waals surface area contributed by atoms with E-state index >= 15 is 0 Å². The second-order valence-corrected chi connectivity index (χ2v) is 4.64. The number of nitrogens with zero attached hydrogens (tertiary/aromatic N) is 2. The van der Waals surface area contributed by atoms with Crippen LogP contribution < -0.4 is 0 Å². The number of rotatable bonds is 5.